The Labute approximate surface area is 148 Å². The van der Waals surface area contributed by atoms with Gasteiger partial charge in [0.1, 0.15) is 6.04 Å². The van der Waals surface area contributed by atoms with E-state index in [4.69, 9.17) is 4.74 Å². The number of amides is 2. The number of fused-ring (bicyclic) bond motifs is 1. The molecule has 0 N–H and O–H groups in total. The molecule has 25 heavy (non-hydrogen) atoms. The average molecular weight is 349 g/mol. The molecule has 8 heteroatoms. The summed E-state index contributed by atoms with van der Waals surface area (Å²) < 4.78 is 7.37. The summed E-state index contributed by atoms with van der Waals surface area (Å²) in [6, 6.07) is -0.422. The Balaban J connectivity index is 1.75. The zero-order valence-corrected chi connectivity index (χ0v) is 15.4. The number of hydrogen-bond donors (Lipinski definition) is 0. The van der Waals surface area contributed by atoms with Crippen LogP contribution in [-0.4, -0.2) is 82.7 Å². The molecule has 2 amide bonds. The number of ether oxygens (including phenoxy) is 1. The van der Waals surface area contributed by atoms with Crippen LogP contribution in [0.2, 0.25) is 0 Å². The van der Waals surface area contributed by atoms with Crippen molar-refractivity contribution < 1.29 is 14.3 Å². The number of rotatable bonds is 4. The third kappa shape index (κ3) is 3.55. The third-order valence-corrected chi connectivity index (χ3v) is 5.04. The number of methoxy groups -OCH3 is 1. The molecule has 1 aromatic rings. The maximum absolute atomic E-state index is 13.1. The molecule has 0 aromatic carbocycles. The lowest BCUT2D eigenvalue weighted by atomic mass is 10.1. The van der Waals surface area contributed by atoms with Crippen molar-refractivity contribution in [3.05, 3.63) is 17.5 Å². The molecule has 1 saturated heterocycles. The van der Waals surface area contributed by atoms with Gasteiger partial charge in [-0.15, -0.1) is 0 Å². The largest absolute Gasteiger partial charge is 0.380 e. The molecular weight excluding hydrogens is 322 g/mol. The summed E-state index contributed by atoms with van der Waals surface area (Å²) in [7, 11) is 5.66. The normalized spacial score (nSPS) is 23.2. The van der Waals surface area contributed by atoms with E-state index < -0.39 is 6.04 Å². The van der Waals surface area contributed by atoms with Gasteiger partial charge in [-0.05, 0) is 14.1 Å². The molecule has 138 valence electrons. The van der Waals surface area contributed by atoms with Crippen LogP contribution in [0.4, 0.5) is 0 Å². The van der Waals surface area contributed by atoms with E-state index in [9.17, 15) is 9.59 Å². The van der Waals surface area contributed by atoms with Crippen LogP contribution >= 0.6 is 0 Å². The van der Waals surface area contributed by atoms with Crippen LogP contribution in [0, 0.1) is 0 Å². The van der Waals surface area contributed by atoms with Crippen LogP contribution in [0.25, 0.3) is 0 Å². The predicted molar refractivity (Wildman–Crippen MR) is 91.6 cm³/mol. The summed E-state index contributed by atoms with van der Waals surface area (Å²) in [4.78, 5) is 30.6. The van der Waals surface area contributed by atoms with Gasteiger partial charge < -0.3 is 19.4 Å². The van der Waals surface area contributed by atoms with Gasteiger partial charge in [0.05, 0.1) is 31.1 Å². The lowest BCUT2D eigenvalue weighted by Crippen LogP contribution is -2.49. The molecule has 2 aliphatic heterocycles. The Morgan fingerprint density at radius 1 is 1.36 bits per heavy atom. The summed E-state index contributed by atoms with van der Waals surface area (Å²) in [5, 5.41) is 4.44. The molecule has 0 radical (unpaired) electrons. The van der Waals surface area contributed by atoms with Crippen LogP contribution in [0.1, 0.15) is 24.6 Å². The van der Waals surface area contributed by atoms with Gasteiger partial charge in [-0.1, -0.05) is 0 Å². The van der Waals surface area contributed by atoms with Crippen LogP contribution in [-0.2, 0) is 34.0 Å². The van der Waals surface area contributed by atoms with Crippen LogP contribution in [0.3, 0.4) is 0 Å². The minimum Gasteiger partial charge on any atom is -0.380 e. The van der Waals surface area contributed by atoms with Gasteiger partial charge in [-0.2, -0.15) is 5.10 Å². The van der Waals surface area contributed by atoms with Crippen molar-refractivity contribution in [1.82, 2.24) is 24.5 Å². The fourth-order valence-corrected chi connectivity index (χ4v) is 3.72. The maximum Gasteiger partial charge on any atom is 0.245 e. The summed E-state index contributed by atoms with van der Waals surface area (Å²) in [6.45, 7) is 4.65. The van der Waals surface area contributed by atoms with Crippen LogP contribution < -0.4 is 0 Å². The maximum atomic E-state index is 13.1. The molecule has 1 fully saturated rings. The second-order valence-corrected chi connectivity index (χ2v) is 7.12. The van der Waals surface area contributed by atoms with E-state index in [0.717, 1.165) is 17.8 Å². The highest BCUT2D eigenvalue weighted by Crippen LogP contribution is 2.25. The molecule has 0 bridgehead atoms. The van der Waals surface area contributed by atoms with Crippen LogP contribution in [0.15, 0.2) is 6.20 Å². The summed E-state index contributed by atoms with van der Waals surface area (Å²) >= 11 is 0. The van der Waals surface area contributed by atoms with Gasteiger partial charge in [0.15, 0.2) is 0 Å². The lowest BCUT2D eigenvalue weighted by Gasteiger charge is -2.33. The molecule has 0 aliphatic carbocycles. The van der Waals surface area contributed by atoms with E-state index >= 15 is 0 Å². The molecule has 2 aliphatic rings. The van der Waals surface area contributed by atoms with Crippen molar-refractivity contribution in [2.45, 2.75) is 45.1 Å². The zero-order valence-electron chi connectivity index (χ0n) is 15.4. The Morgan fingerprint density at radius 2 is 2.12 bits per heavy atom. The molecule has 0 saturated carbocycles. The van der Waals surface area contributed by atoms with E-state index in [0.29, 0.717) is 32.6 Å². The number of carbonyl (C=O) groups excluding carboxylic acids is 2. The number of hydrogen-bond acceptors (Lipinski definition) is 5. The summed E-state index contributed by atoms with van der Waals surface area (Å²) in [6.07, 6.45) is 2.38. The molecule has 2 atom stereocenters. The van der Waals surface area contributed by atoms with Gasteiger partial charge in [0, 0.05) is 45.7 Å². The van der Waals surface area contributed by atoms with E-state index in [1.54, 1.807) is 12.0 Å². The first-order valence-electron chi connectivity index (χ1n) is 8.67. The predicted octanol–water partition coefficient (Wildman–Crippen LogP) is -0.0773. The Hall–Kier alpha value is -1.93. The number of nitrogens with zero attached hydrogens (tertiary/aromatic N) is 5. The zero-order chi connectivity index (χ0) is 18.1. The molecule has 0 unspecified atom stereocenters. The first-order valence-corrected chi connectivity index (χ1v) is 8.67. The third-order valence-electron chi connectivity index (χ3n) is 5.04. The lowest BCUT2D eigenvalue weighted by molar-refractivity contribution is -0.143. The average Bonchev–Trinajstić information content (AvgIpc) is 3.18. The molecular formula is C17H27N5O3. The standard InChI is InChI=1S/C17H27N5O3/c1-12(23)21-10-14(25-4)7-15(21)17(24)20-5-6-22-16(11-20)13(8-18-22)9-19(2)3/h8,14-15H,5-7,9-11H2,1-4H3/t14-,15+/m0/s1. The molecule has 1 aromatic heterocycles. The summed E-state index contributed by atoms with van der Waals surface area (Å²) in [5.74, 6) is -0.0637. The quantitative estimate of drug-likeness (QED) is 0.761. The van der Waals surface area contributed by atoms with Gasteiger partial charge in [0.25, 0.3) is 0 Å². The highest BCUT2D eigenvalue weighted by atomic mass is 16.5. The number of carbonyl (C=O) groups is 2. The van der Waals surface area contributed by atoms with E-state index in [-0.39, 0.29) is 17.9 Å². The summed E-state index contributed by atoms with van der Waals surface area (Å²) in [5.41, 5.74) is 2.23. The van der Waals surface area contributed by atoms with Gasteiger partial charge in [-0.3, -0.25) is 14.3 Å². The van der Waals surface area contributed by atoms with E-state index in [1.165, 1.54) is 6.92 Å². The molecule has 3 heterocycles. The van der Waals surface area contributed by atoms with Crippen molar-refractivity contribution in [3.63, 3.8) is 0 Å². The van der Waals surface area contributed by atoms with Gasteiger partial charge >= 0.3 is 0 Å². The Kier molecular flexibility index (Phi) is 5.10. The van der Waals surface area contributed by atoms with E-state index in [1.807, 2.05) is 29.9 Å². The Morgan fingerprint density at radius 3 is 2.76 bits per heavy atom. The number of likely N-dealkylation sites (tertiary alicyclic amines) is 1. The molecule has 0 spiro atoms. The fraction of sp³-hybridized carbons (Fsp3) is 0.706. The van der Waals surface area contributed by atoms with Crippen LogP contribution in [0.5, 0.6) is 0 Å². The minimum absolute atomic E-state index is 0.0120. The van der Waals surface area contributed by atoms with E-state index in [2.05, 4.69) is 10.00 Å². The van der Waals surface area contributed by atoms with Crippen molar-refractivity contribution in [2.24, 2.45) is 0 Å². The highest BCUT2D eigenvalue weighted by molar-refractivity contribution is 5.87. The smallest absolute Gasteiger partial charge is 0.245 e. The second-order valence-electron chi connectivity index (χ2n) is 7.12. The fourth-order valence-electron chi connectivity index (χ4n) is 3.72. The monoisotopic (exact) mass is 349 g/mol. The van der Waals surface area contributed by atoms with Crippen molar-refractivity contribution in [2.75, 3.05) is 34.3 Å². The van der Waals surface area contributed by atoms with Crippen molar-refractivity contribution in [3.8, 4) is 0 Å². The molecule has 8 nitrogen and oxygen atoms in total. The van der Waals surface area contributed by atoms with Gasteiger partial charge in [0.2, 0.25) is 11.8 Å². The first-order chi connectivity index (χ1) is 11.9. The Bertz CT molecular complexity index is 657. The SMILES string of the molecule is CO[C@H]1C[C@H](C(=O)N2CCn3ncc(CN(C)C)c3C2)N(C(C)=O)C1. The van der Waals surface area contributed by atoms with Crippen molar-refractivity contribution in [1.29, 1.82) is 0 Å². The highest BCUT2D eigenvalue weighted by Gasteiger charge is 2.41. The number of aromatic nitrogens is 2. The minimum atomic E-state index is -0.422. The van der Waals surface area contributed by atoms with Gasteiger partial charge in [-0.25, -0.2) is 0 Å². The van der Waals surface area contributed by atoms with Crippen molar-refractivity contribution >= 4 is 11.8 Å². The molecule has 3 rings (SSSR count). The second kappa shape index (κ2) is 7.13. The first kappa shape index (κ1) is 17.9. The topological polar surface area (TPSA) is 70.9 Å².